The molecule has 0 aliphatic heterocycles. The van der Waals surface area contributed by atoms with Crippen molar-refractivity contribution < 1.29 is 5.11 Å². The Balaban J connectivity index is 1.83. The highest BCUT2D eigenvalue weighted by molar-refractivity contribution is 5.86. The molecule has 0 bridgehead atoms. The van der Waals surface area contributed by atoms with E-state index in [1.54, 1.807) is 6.33 Å². The first-order valence-electron chi connectivity index (χ1n) is 7.49. The summed E-state index contributed by atoms with van der Waals surface area (Å²) in [6.07, 6.45) is 3.49. The molecule has 0 saturated heterocycles. The number of hydrogen-bond donors (Lipinski definition) is 1. The zero-order valence-corrected chi connectivity index (χ0v) is 12.5. The first-order valence-corrected chi connectivity index (χ1v) is 7.49. The average molecular weight is 304 g/mol. The Morgan fingerprint density at radius 3 is 2.52 bits per heavy atom. The normalized spacial score (nSPS) is 11.2. The van der Waals surface area contributed by atoms with Gasteiger partial charge in [-0.2, -0.15) is 5.10 Å². The van der Waals surface area contributed by atoms with Gasteiger partial charge >= 0.3 is 0 Å². The molecule has 4 rings (SSSR count). The predicted octanol–water partition coefficient (Wildman–Crippen LogP) is 2.76. The number of rotatable bonds is 4. The zero-order chi connectivity index (χ0) is 15.6. The van der Waals surface area contributed by atoms with Crippen molar-refractivity contribution in [2.24, 2.45) is 0 Å². The third-order valence-corrected chi connectivity index (χ3v) is 3.86. The molecule has 5 nitrogen and oxygen atoms in total. The van der Waals surface area contributed by atoms with Gasteiger partial charge in [0.1, 0.15) is 6.33 Å². The lowest BCUT2D eigenvalue weighted by Crippen LogP contribution is -2.02. The number of para-hydroxylation sites is 1. The Kier molecular flexibility index (Phi) is 3.40. The van der Waals surface area contributed by atoms with Crippen LogP contribution in [0.2, 0.25) is 0 Å². The maximum atomic E-state index is 9.21. The Morgan fingerprint density at radius 2 is 1.74 bits per heavy atom. The van der Waals surface area contributed by atoms with Crippen LogP contribution in [0.4, 0.5) is 0 Å². The van der Waals surface area contributed by atoms with Gasteiger partial charge in [-0.1, -0.05) is 42.5 Å². The van der Waals surface area contributed by atoms with Gasteiger partial charge in [0.25, 0.3) is 0 Å². The molecule has 0 radical (unpaired) electrons. The van der Waals surface area contributed by atoms with Gasteiger partial charge in [0.2, 0.25) is 0 Å². The second-order valence-corrected chi connectivity index (χ2v) is 5.41. The summed E-state index contributed by atoms with van der Waals surface area (Å²) in [7, 11) is 0. The zero-order valence-electron chi connectivity index (χ0n) is 12.5. The highest BCUT2D eigenvalue weighted by Gasteiger charge is 2.12. The molecule has 4 aromatic rings. The van der Waals surface area contributed by atoms with E-state index in [-0.39, 0.29) is 6.61 Å². The quantitative estimate of drug-likeness (QED) is 0.631. The van der Waals surface area contributed by atoms with Crippen LogP contribution in [0.15, 0.2) is 67.1 Å². The van der Waals surface area contributed by atoms with Crippen molar-refractivity contribution in [3.05, 3.63) is 78.4 Å². The van der Waals surface area contributed by atoms with E-state index in [1.807, 2.05) is 45.8 Å². The second-order valence-electron chi connectivity index (χ2n) is 5.41. The van der Waals surface area contributed by atoms with Crippen LogP contribution >= 0.6 is 0 Å². The third-order valence-electron chi connectivity index (χ3n) is 3.86. The lowest BCUT2D eigenvalue weighted by molar-refractivity contribution is 0.277. The molecule has 0 saturated carbocycles. The maximum Gasteiger partial charge on any atom is 0.167 e. The summed E-state index contributed by atoms with van der Waals surface area (Å²) in [6.45, 7) is 0.637. The van der Waals surface area contributed by atoms with Crippen LogP contribution in [0.1, 0.15) is 11.3 Å². The fourth-order valence-electron chi connectivity index (χ4n) is 2.74. The fourth-order valence-corrected chi connectivity index (χ4v) is 2.74. The van der Waals surface area contributed by atoms with Gasteiger partial charge in [-0.05, 0) is 17.7 Å². The van der Waals surface area contributed by atoms with E-state index in [1.165, 1.54) is 5.56 Å². The van der Waals surface area contributed by atoms with E-state index in [2.05, 4.69) is 29.2 Å². The van der Waals surface area contributed by atoms with E-state index >= 15 is 0 Å². The molecular formula is C18H16N4O. The minimum Gasteiger partial charge on any atom is -0.390 e. The third kappa shape index (κ3) is 2.51. The monoisotopic (exact) mass is 304 g/mol. The molecule has 0 aliphatic carbocycles. The number of benzene rings is 2. The van der Waals surface area contributed by atoms with Crippen molar-refractivity contribution in [2.75, 3.05) is 0 Å². The number of hydrogen-bond acceptors (Lipinski definition) is 3. The highest BCUT2D eigenvalue weighted by Crippen LogP contribution is 2.22. The van der Waals surface area contributed by atoms with Crippen LogP contribution in [-0.2, 0) is 13.2 Å². The van der Waals surface area contributed by atoms with Crippen molar-refractivity contribution in [2.45, 2.75) is 13.2 Å². The van der Waals surface area contributed by atoms with Crippen molar-refractivity contribution in [3.8, 4) is 5.82 Å². The molecule has 0 atom stereocenters. The molecule has 2 heterocycles. The summed E-state index contributed by atoms with van der Waals surface area (Å²) < 4.78 is 3.86. The Labute approximate surface area is 133 Å². The number of aliphatic hydroxyl groups excluding tert-OH is 1. The molecule has 114 valence electrons. The standard InChI is InChI=1S/C18H16N4O/c23-12-15-11-21(13-19-15)18-16-8-4-5-9-17(16)22(20-18)10-14-6-2-1-3-7-14/h1-9,11,13,23H,10,12H2. The van der Waals surface area contributed by atoms with Crippen LogP contribution in [0.5, 0.6) is 0 Å². The van der Waals surface area contributed by atoms with E-state index in [0.29, 0.717) is 12.2 Å². The van der Waals surface area contributed by atoms with Crippen molar-refractivity contribution in [1.82, 2.24) is 19.3 Å². The predicted molar refractivity (Wildman–Crippen MR) is 88.3 cm³/mol. The summed E-state index contributed by atoms with van der Waals surface area (Å²) in [6, 6.07) is 18.4. The fraction of sp³-hybridized carbons (Fsp3) is 0.111. The van der Waals surface area contributed by atoms with Gasteiger partial charge in [0.15, 0.2) is 5.82 Å². The average Bonchev–Trinajstić information content (AvgIpc) is 3.21. The number of aliphatic hydroxyl groups is 1. The largest absolute Gasteiger partial charge is 0.390 e. The smallest absolute Gasteiger partial charge is 0.167 e. The van der Waals surface area contributed by atoms with E-state index in [0.717, 1.165) is 16.7 Å². The minimum atomic E-state index is -0.0738. The first-order chi connectivity index (χ1) is 11.3. The van der Waals surface area contributed by atoms with Crippen molar-refractivity contribution >= 4 is 10.9 Å². The van der Waals surface area contributed by atoms with E-state index in [4.69, 9.17) is 5.10 Å². The van der Waals surface area contributed by atoms with Crippen LogP contribution in [0, 0.1) is 0 Å². The summed E-state index contributed by atoms with van der Waals surface area (Å²) in [5.41, 5.74) is 2.91. The van der Waals surface area contributed by atoms with E-state index < -0.39 is 0 Å². The lowest BCUT2D eigenvalue weighted by atomic mass is 10.2. The van der Waals surface area contributed by atoms with Crippen molar-refractivity contribution in [1.29, 1.82) is 0 Å². The minimum absolute atomic E-state index is 0.0738. The summed E-state index contributed by atoms with van der Waals surface area (Å²) in [5, 5.41) is 15.0. The first kappa shape index (κ1) is 13.7. The van der Waals surface area contributed by atoms with Gasteiger partial charge in [0, 0.05) is 11.6 Å². The summed E-state index contributed by atoms with van der Waals surface area (Å²) in [4.78, 5) is 4.17. The summed E-state index contributed by atoms with van der Waals surface area (Å²) in [5.74, 6) is 0.823. The molecule has 5 heteroatoms. The highest BCUT2D eigenvalue weighted by atomic mass is 16.3. The summed E-state index contributed by atoms with van der Waals surface area (Å²) >= 11 is 0. The Morgan fingerprint density at radius 1 is 0.957 bits per heavy atom. The van der Waals surface area contributed by atoms with E-state index in [9.17, 15) is 5.11 Å². The maximum absolute atomic E-state index is 9.21. The molecule has 0 unspecified atom stereocenters. The van der Waals surface area contributed by atoms with Gasteiger partial charge in [-0.25, -0.2) is 4.98 Å². The molecule has 0 fully saturated rings. The molecular weight excluding hydrogens is 288 g/mol. The molecule has 23 heavy (non-hydrogen) atoms. The number of imidazole rings is 1. The van der Waals surface area contributed by atoms with Crippen molar-refractivity contribution in [3.63, 3.8) is 0 Å². The van der Waals surface area contributed by atoms with Crippen LogP contribution in [0.25, 0.3) is 16.7 Å². The van der Waals surface area contributed by atoms with Crippen LogP contribution < -0.4 is 0 Å². The SMILES string of the molecule is OCc1cn(-c2nn(Cc3ccccc3)c3ccccc23)cn1. The Bertz CT molecular complexity index is 940. The van der Waals surface area contributed by atoms with Gasteiger partial charge in [-0.15, -0.1) is 0 Å². The molecule has 2 aromatic carbocycles. The van der Waals surface area contributed by atoms with Crippen LogP contribution in [-0.4, -0.2) is 24.4 Å². The molecule has 0 spiro atoms. The number of fused-ring (bicyclic) bond motifs is 1. The van der Waals surface area contributed by atoms with Gasteiger partial charge < -0.3 is 5.11 Å². The molecule has 0 aliphatic rings. The molecule has 1 N–H and O–H groups in total. The topological polar surface area (TPSA) is 55.9 Å². The molecule has 2 aromatic heterocycles. The second kappa shape index (κ2) is 5.70. The van der Waals surface area contributed by atoms with Crippen LogP contribution in [0.3, 0.4) is 0 Å². The number of nitrogens with zero attached hydrogens (tertiary/aromatic N) is 4. The lowest BCUT2D eigenvalue weighted by Gasteiger charge is -2.03. The van der Waals surface area contributed by atoms with Gasteiger partial charge in [-0.3, -0.25) is 9.25 Å². The Hall–Kier alpha value is -2.92. The number of aromatic nitrogens is 4. The molecule has 0 amide bonds. The van der Waals surface area contributed by atoms with Gasteiger partial charge in [0.05, 0.1) is 24.4 Å².